The van der Waals surface area contributed by atoms with E-state index in [1.807, 2.05) is 37.4 Å². The van der Waals surface area contributed by atoms with E-state index < -0.39 is 10.0 Å². The number of aromatic nitrogens is 1. The van der Waals surface area contributed by atoms with Crippen molar-refractivity contribution in [3.63, 3.8) is 0 Å². The second-order valence-corrected chi connectivity index (χ2v) is 7.11. The summed E-state index contributed by atoms with van der Waals surface area (Å²) in [4.78, 5) is 3.50. The summed E-state index contributed by atoms with van der Waals surface area (Å²) in [7, 11) is -3.48. The Labute approximate surface area is 130 Å². The standard InChI is InChI=1S/C17H18N2O2S/c1-13(19-22(20,21)15-7-3-2-4-8-15)11-14-12-18-17-10-6-5-9-16(14)17/h2-10,12-13,18-19H,11H2,1H3. The molecule has 0 bridgehead atoms. The third-order valence-electron chi connectivity index (χ3n) is 3.61. The summed E-state index contributed by atoms with van der Waals surface area (Å²) >= 11 is 0. The quantitative estimate of drug-likeness (QED) is 0.760. The number of rotatable bonds is 5. The molecule has 0 fully saturated rings. The normalized spacial score (nSPS) is 13.3. The van der Waals surface area contributed by atoms with Gasteiger partial charge in [0.1, 0.15) is 0 Å². The molecular formula is C17H18N2O2S. The molecule has 1 atom stereocenters. The van der Waals surface area contributed by atoms with Crippen LogP contribution in [0.2, 0.25) is 0 Å². The molecule has 0 radical (unpaired) electrons. The Morgan fingerprint density at radius 2 is 1.73 bits per heavy atom. The fraction of sp³-hybridized carbons (Fsp3) is 0.176. The Morgan fingerprint density at radius 3 is 2.50 bits per heavy atom. The van der Waals surface area contributed by atoms with Crippen LogP contribution >= 0.6 is 0 Å². The number of benzene rings is 2. The van der Waals surface area contributed by atoms with Crippen molar-refractivity contribution in [3.05, 3.63) is 66.4 Å². The van der Waals surface area contributed by atoms with Gasteiger partial charge in [-0.25, -0.2) is 13.1 Å². The summed E-state index contributed by atoms with van der Waals surface area (Å²) in [6.45, 7) is 1.88. The maximum absolute atomic E-state index is 12.3. The van der Waals surface area contributed by atoms with Gasteiger partial charge in [0, 0.05) is 23.1 Å². The van der Waals surface area contributed by atoms with Crippen molar-refractivity contribution < 1.29 is 8.42 Å². The maximum atomic E-state index is 12.3. The van der Waals surface area contributed by atoms with Gasteiger partial charge in [-0.1, -0.05) is 36.4 Å². The van der Waals surface area contributed by atoms with Crippen molar-refractivity contribution >= 4 is 20.9 Å². The zero-order valence-corrected chi connectivity index (χ0v) is 13.1. The van der Waals surface area contributed by atoms with Crippen LogP contribution in [0, 0.1) is 0 Å². The van der Waals surface area contributed by atoms with E-state index in [1.165, 1.54) is 0 Å². The molecule has 1 aromatic heterocycles. The number of nitrogens with one attached hydrogen (secondary N) is 2. The largest absolute Gasteiger partial charge is 0.361 e. The molecular weight excluding hydrogens is 296 g/mol. The van der Waals surface area contributed by atoms with Gasteiger partial charge in [0.15, 0.2) is 0 Å². The van der Waals surface area contributed by atoms with Crippen LogP contribution in [0.15, 0.2) is 65.7 Å². The first-order chi connectivity index (χ1) is 10.6. The van der Waals surface area contributed by atoms with E-state index in [2.05, 4.69) is 9.71 Å². The predicted molar refractivity (Wildman–Crippen MR) is 88.2 cm³/mol. The zero-order valence-electron chi connectivity index (χ0n) is 12.3. The molecule has 2 aromatic carbocycles. The van der Waals surface area contributed by atoms with Crippen LogP contribution in [-0.4, -0.2) is 19.4 Å². The highest BCUT2D eigenvalue weighted by Gasteiger charge is 2.18. The lowest BCUT2D eigenvalue weighted by Crippen LogP contribution is -2.34. The van der Waals surface area contributed by atoms with Gasteiger partial charge >= 0.3 is 0 Å². The average Bonchev–Trinajstić information content (AvgIpc) is 2.91. The lowest BCUT2D eigenvalue weighted by atomic mass is 10.1. The van der Waals surface area contributed by atoms with E-state index in [0.29, 0.717) is 11.3 Å². The molecule has 4 nitrogen and oxygen atoms in total. The lowest BCUT2D eigenvalue weighted by molar-refractivity contribution is 0.560. The number of hydrogen-bond donors (Lipinski definition) is 2. The van der Waals surface area contributed by atoms with Crippen molar-refractivity contribution in [2.45, 2.75) is 24.3 Å². The Morgan fingerprint density at radius 1 is 1.05 bits per heavy atom. The van der Waals surface area contributed by atoms with Gasteiger partial charge in [-0.05, 0) is 37.1 Å². The fourth-order valence-corrected chi connectivity index (χ4v) is 3.87. The highest BCUT2D eigenvalue weighted by atomic mass is 32.2. The van der Waals surface area contributed by atoms with Crippen molar-refractivity contribution in [2.75, 3.05) is 0 Å². The minimum atomic E-state index is -3.48. The molecule has 0 saturated carbocycles. The first-order valence-corrected chi connectivity index (χ1v) is 8.67. The summed E-state index contributed by atoms with van der Waals surface area (Å²) in [5.74, 6) is 0. The molecule has 22 heavy (non-hydrogen) atoms. The summed E-state index contributed by atoms with van der Waals surface area (Å²) in [6.07, 6.45) is 2.58. The van der Waals surface area contributed by atoms with Crippen molar-refractivity contribution in [2.24, 2.45) is 0 Å². The zero-order chi connectivity index (χ0) is 15.6. The molecule has 0 saturated heterocycles. The van der Waals surface area contributed by atoms with Crippen LogP contribution in [0.25, 0.3) is 10.9 Å². The third-order valence-corrected chi connectivity index (χ3v) is 5.22. The smallest absolute Gasteiger partial charge is 0.240 e. The van der Waals surface area contributed by atoms with Gasteiger partial charge in [0.25, 0.3) is 0 Å². The van der Waals surface area contributed by atoms with Crippen LogP contribution in [0.5, 0.6) is 0 Å². The van der Waals surface area contributed by atoms with Gasteiger partial charge in [-0.2, -0.15) is 0 Å². The van der Waals surface area contributed by atoms with Crippen LogP contribution < -0.4 is 4.72 Å². The Kier molecular flexibility index (Phi) is 4.00. The summed E-state index contributed by atoms with van der Waals surface area (Å²) in [6, 6.07) is 16.3. The average molecular weight is 314 g/mol. The van der Waals surface area contributed by atoms with Gasteiger partial charge in [-0.15, -0.1) is 0 Å². The Balaban J connectivity index is 1.77. The van der Waals surface area contributed by atoms with E-state index in [0.717, 1.165) is 16.5 Å². The molecule has 2 N–H and O–H groups in total. The third kappa shape index (κ3) is 3.05. The van der Waals surface area contributed by atoms with Crippen LogP contribution in [-0.2, 0) is 16.4 Å². The van der Waals surface area contributed by atoms with E-state index in [1.54, 1.807) is 30.3 Å². The van der Waals surface area contributed by atoms with Crippen LogP contribution in [0.1, 0.15) is 12.5 Å². The molecule has 5 heteroatoms. The predicted octanol–water partition coefficient (Wildman–Crippen LogP) is 3.08. The monoisotopic (exact) mass is 314 g/mol. The molecule has 3 rings (SSSR count). The number of sulfonamides is 1. The second-order valence-electron chi connectivity index (χ2n) is 5.40. The van der Waals surface area contributed by atoms with Gasteiger partial charge < -0.3 is 4.98 Å². The Hall–Kier alpha value is -2.11. The summed E-state index contributed by atoms with van der Waals surface area (Å²) in [5, 5.41) is 1.13. The minimum absolute atomic E-state index is 0.190. The van der Waals surface area contributed by atoms with E-state index in [9.17, 15) is 8.42 Å². The molecule has 0 aliphatic rings. The molecule has 1 heterocycles. The molecule has 114 valence electrons. The molecule has 3 aromatic rings. The maximum Gasteiger partial charge on any atom is 0.240 e. The number of para-hydroxylation sites is 1. The number of H-pyrrole nitrogens is 1. The Bertz CT molecular complexity index is 870. The van der Waals surface area contributed by atoms with Gasteiger partial charge in [-0.3, -0.25) is 0 Å². The molecule has 0 aliphatic carbocycles. The highest BCUT2D eigenvalue weighted by molar-refractivity contribution is 7.89. The lowest BCUT2D eigenvalue weighted by Gasteiger charge is -2.14. The molecule has 1 unspecified atom stereocenters. The molecule has 0 amide bonds. The van der Waals surface area contributed by atoms with E-state index >= 15 is 0 Å². The first-order valence-electron chi connectivity index (χ1n) is 7.18. The van der Waals surface area contributed by atoms with Crippen molar-refractivity contribution in [1.29, 1.82) is 0 Å². The first kappa shape index (κ1) is 14.8. The highest BCUT2D eigenvalue weighted by Crippen LogP contribution is 2.19. The van der Waals surface area contributed by atoms with Crippen molar-refractivity contribution in [3.8, 4) is 0 Å². The summed E-state index contributed by atoms with van der Waals surface area (Å²) in [5.41, 5.74) is 2.18. The number of fused-ring (bicyclic) bond motifs is 1. The van der Waals surface area contributed by atoms with E-state index in [-0.39, 0.29) is 6.04 Å². The van der Waals surface area contributed by atoms with Crippen molar-refractivity contribution in [1.82, 2.24) is 9.71 Å². The topological polar surface area (TPSA) is 62.0 Å². The van der Waals surface area contributed by atoms with Gasteiger partial charge in [0.2, 0.25) is 10.0 Å². The van der Waals surface area contributed by atoms with Gasteiger partial charge in [0.05, 0.1) is 4.90 Å². The minimum Gasteiger partial charge on any atom is -0.361 e. The molecule has 0 spiro atoms. The van der Waals surface area contributed by atoms with Crippen LogP contribution in [0.3, 0.4) is 0 Å². The number of hydrogen-bond acceptors (Lipinski definition) is 2. The second kappa shape index (κ2) is 5.94. The van der Waals surface area contributed by atoms with Crippen LogP contribution in [0.4, 0.5) is 0 Å². The molecule has 0 aliphatic heterocycles. The van der Waals surface area contributed by atoms with E-state index in [4.69, 9.17) is 0 Å². The number of aromatic amines is 1. The summed E-state index contributed by atoms with van der Waals surface area (Å²) < 4.78 is 27.4. The SMILES string of the molecule is CC(Cc1c[nH]c2ccccc12)NS(=O)(=O)c1ccccc1. The fourth-order valence-electron chi connectivity index (χ4n) is 2.60.